The lowest BCUT2D eigenvalue weighted by Gasteiger charge is -2.26. The lowest BCUT2D eigenvalue weighted by Crippen LogP contribution is -2.36. The van der Waals surface area contributed by atoms with Gasteiger partial charge in [0.25, 0.3) is 0 Å². The van der Waals surface area contributed by atoms with Crippen LogP contribution in [0.2, 0.25) is 0 Å². The van der Waals surface area contributed by atoms with Gasteiger partial charge in [0.2, 0.25) is 0 Å². The van der Waals surface area contributed by atoms with Crippen LogP contribution in [0.3, 0.4) is 0 Å². The molecule has 1 aromatic rings. The van der Waals surface area contributed by atoms with Gasteiger partial charge in [0, 0.05) is 36.6 Å². The maximum absolute atomic E-state index is 3.58. The third-order valence-electron chi connectivity index (χ3n) is 3.08. The van der Waals surface area contributed by atoms with Gasteiger partial charge in [-0.3, -0.25) is 4.90 Å². The Morgan fingerprint density at radius 3 is 2.88 bits per heavy atom. The molecule has 90 valence electrons. The molecule has 1 aliphatic carbocycles. The summed E-state index contributed by atoms with van der Waals surface area (Å²) in [6.07, 6.45) is 2.76. The molecule has 0 aliphatic heterocycles. The number of hydrogen-bond donors (Lipinski definition) is 1. The molecular formula is C13H22N2S. The van der Waals surface area contributed by atoms with Crippen molar-refractivity contribution in [3.05, 3.63) is 22.4 Å². The van der Waals surface area contributed by atoms with E-state index in [-0.39, 0.29) is 0 Å². The topological polar surface area (TPSA) is 15.3 Å². The van der Waals surface area contributed by atoms with Gasteiger partial charge in [-0.05, 0) is 38.1 Å². The first-order valence-corrected chi connectivity index (χ1v) is 7.13. The summed E-state index contributed by atoms with van der Waals surface area (Å²) in [4.78, 5) is 4.02. The van der Waals surface area contributed by atoms with Crippen LogP contribution in [0.1, 0.15) is 31.6 Å². The molecule has 0 radical (unpaired) electrons. The van der Waals surface area contributed by atoms with Gasteiger partial charge in [0.15, 0.2) is 0 Å². The van der Waals surface area contributed by atoms with Gasteiger partial charge in [0.1, 0.15) is 0 Å². The number of nitrogens with one attached hydrogen (secondary N) is 1. The molecular weight excluding hydrogens is 216 g/mol. The van der Waals surface area contributed by atoms with Crippen LogP contribution >= 0.6 is 11.3 Å². The summed E-state index contributed by atoms with van der Waals surface area (Å²) >= 11 is 1.86. The van der Waals surface area contributed by atoms with Crippen LogP contribution in [0.25, 0.3) is 0 Å². The normalized spacial score (nSPS) is 16.2. The van der Waals surface area contributed by atoms with Gasteiger partial charge in [-0.25, -0.2) is 0 Å². The quantitative estimate of drug-likeness (QED) is 0.786. The summed E-state index contributed by atoms with van der Waals surface area (Å²) in [5, 5.41) is 5.75. The third-order valence-corrected chi connectivity index (χ3v) is 3.94. The molecule has 0 atom stereocenters. The van der Waals surface area contributed by atoms with E-state index in [1.54, 1.807) is 0 Å². The summed E-state index contributed by atoms with van der Waals surface area (Å²) in [6, 6.07) is 5.83. The van der Waals surface area contributed by atoms with Crippen LogP contribution in [0.4, 0.5) is 0 Å². The molecule has 1 saturated carbocycles. The fraction of sp³-hybridized carbons (Fsp3) is 0.692. The van der Waals surface area contributed by atoms with E-state index in [0.717, 1.165) is 25.7 Å². The number of thiophene rings is 1. The standard InChI is InChI=1S/C13H22N2S/c1-11(2)15(8-7-14-12-5-6-12)10-13-4-3-9-16-13/h3-4,9,11-12,14H,5-8,10H2,1-2H3. The number of nitrogens with zero attached hydrogens (tertiary/aromatic N) is 1. The Kier molecular flexibility index (Phi) is 4.38. The zero-order valence-electron chi connectivity index (χ0n) is 10.3. The van der Waals surface area contributed by atoms with E-state index in [1.165, 1.54) is 17.7 Å². The summed E-state index contributed by atoms with van der Waals surface area (Å²) in [7, 11) is 0. The molecule has 0 unspecified atom stereocenters. The number of rotatable bonds is 7. The molecule has 0 amide bonds. The van der Waals surface area contributed by atoms with Crippen molar-refractivity contribution in [1.82, 2.24) is 10.2 Å². The average molecular weight is 238 g/mol. The van der Waals surface area contributed by atoms with Gasteiger partial charge in [-0.15, -0.1) is 11.3 Å². The van der Waals surface area contributed by atoms with Gasteiger partial charge in [-0.1, -0.05) is 6.07 Å². The van der Waals surface area contributed by atoms with Crippen molar-refractivity contribution in [2.24, 2.45) is 0 Å². The lowest BCUT2D eigenvalue weighted by atomic mass is 10.3. The van der Waals surface area contributed by atoms with Crippen LogP contribution in [0.5, 0.6) is 0 Å². The van der Waals surface area contributed by atoms with E-state index in [1.807, 2.05) is 11.3 Å². The summed E-state index contributed by atoms with van der Waals surface area (Å²) in [6.45, 7) is 7.96. The maximum atomic E-state index is 3.58. The Bertz CT molecular complexity index is 291. The van der Waals surface area contributed by atoms with E-state index in [2.05, 4.69) is 41.6 Å². The highest BCUT2D eigenvalue weighted by molar-refractivity contribution is 7.09. The first-order valence-electron chi connectivity index (χ1n) is 6.25. The van der Waals surface area contributed by atoms with Crippen molar-refractivity contribution in [3.8, 4) is 0 Å². The largest absolute Gasteiger partial charge is 0.313 e. The second-order valence-corrected chi connectivity index (χ2v) is 5.90. The van der Waals surface area contributed by atoms with Crippen LogP contribution in [-0.4, -0.2) is 30.1 Å². The SMILES string of the molecule is CC(C)N(CCNC1CC1)Cc1cccs1. The minimum absolute atomic E-state index is 0.628. The monoisotopic (exact) mass is 238 g/mol. The minimum atomic E-state index is 0.628. The van der Waals surface area contributed by atoms with Crippen molar-refractivity contribution in [2.45, 2.75) is 45.3 Å². The Balaban J connectivity index is 1.74. The van der Waals surface area contributed by atoms with Crippen LogP contribution in [0, 0.1) is 0 Å². The predicted molar refractivity (Wildman–Crippen MR) is 70.9 cm³/mol. The van der Waals surface area contributed by atoms with Gasteiger partial charge in [-0.2, -0.15) is 0 Å². The fourth-order valence-electron chi connectivity index (χ4n) is 1.82. The highest BCUT2D eigenvalue weighted by Gasteiger charge is 2.20. The molecule has 1 aromatic heterocycles. The third kappa shape index (κ3) is 3.89. The second-order valence-electron chi connectivity index (χ2n) is 4.87. The zero-order chi connectivity index (χ0) is 11.4. The average Bonchev–Trinajstić information content (AvgIpc) is 2.92. The fourth-order valence-corrected chi connectivity index (χ4v) is 2.55. The molecule has 2 nitrogen and oxygen atoms in total. The molecule has 1 fully saturated rings. The summed E-state index contributed by atoms with van der Waals surface area (Å²) in [5.74, 6) is 0. The van der Waals surface area contributed by atoms with E-state index in [0.29, 0.717) is 6.04 Å². The Morgan fingerprint density at radius 2 is 2.31 bits per heavy atom. The Hall–Kier alpha value is -0.380. The summed E-state index contributed by atoms with van der Waals surface area (Å²) in [5.41, 5.74) is 0. The molecule has 16 heavy (non-hydrogen) atoms. The van der Waals surface area contributed by atoms with Crippen molar-refractivity contribution < 1.29 is 0 Å². The minimum Gasteiger partial charge on any atom is -0.313 e. The lowest BCUT2D eigenvalue weighted by molar-refractivity contribution is 0.215. The molecule has 1 aliphatic rings. The molecule has 0 aromatic carbocycles. The Morgan fingerprint density at radius 1 is 1.50 bits per heavy atom. The second kappa shape index (κ2) is 5.80. The first-order chi connectivity index (χ1) is 7.75. The Labute approximate surface area is 103 Å². The van der Waals surface area contributed by atoms with Gasteiger partial charge < -0.3 is 5.32 Å². The molecule has 1 heterocycles. The number of hydrogen-bond acceptors (Lipinski definition) is 3. The van der Waals surface area contributed by atoms with E-state index in [9.17, 15) is 0 Å². The maximum Gasteiger partial charge on any atom is 0.0331 e. The van der Waals surface area contributed by atoms with Crippen molar-refractivity contribution in [1.29, 1.82) is 0 Å². The van der Waals surface area contributed by atoms with Gasteiger partial charge >= 0.3 is 0 Å². The van der Waals surface area contributed by atoms with E-state index in [4.69, 9.17) is 0 Å². The molecule has 0 bridgehead atoms. The molecule has 0 saturated heterocycles. The van der Waals surface area contributed by atoms with Crippen molar-refractivity contribution in [2.75, 3.05) is 13.1 Å². The first kappa shape index (κ1) is 12.1. The predicted octanol–water partition coefficient (Wildman–Crippen LogP) is 2.71. The smallest absolute Gasteiger partial charge is 0.0331 e. The van der Waals surface area contributed by atoms with Crippen LogP contribution in [0.15, 0.2) is 17.5 Å². The highest BCUT2D eigenvalue weighted by Crippen LogP contribution is 2.18. The van der Waals surface area contributed by atoms with Gasteiger partial charge in [0.05, 0.1) is 0 Å². The molecule has 3 heteroatoms. The molecule has 0 spiro atoms. The van der Waals surface area contributed by atoms with Crippen molar-refractivity contribution >= 4 is 11.3 Å². The zero-order valence-corrected chi connectivity index (χ0v) is 11.1. The van der Waals surface area contributed by atoms with Crippen molar-refractivity contribution in [3.63, 3.8) is 0 Å². The summed E-state index contributed by atoms with van der Waals surface area (Å²) < 4.78 is 0. The van der Waals surface area contributed by atoms with E-state index >= 15 is 0 Å². The van der Waals surface area contributed by atoms with Crippen LogP contribution in [-0.2, 0) is 6.54 Å². The molecule has 1 N–H and O–H groups in total. The molecule has 2 rings (SSSR count). The van der Waals surface area contributed by atoms with Crippen LogP contribution < -0.4 is 5.32 Å². The highest BCUT2D eigenvalue weighted by atomic mass is 32.1. The van der Waals surface area contributed by atoms with E-state index < -0.39 is 0 Å².